The van der Waals surface area contributed by atoms with E-state index in [0.717, 1.165) is 108 Å². The van der Waals surface area contributed by atoms with E-state index in [4.69, 9.17) is 37.0 Å². The summed E-state index contributed by atoms with van der Waals surface area (Å²) in [6, 6.07) is 0. The van der Waals surface area contributed by atoms with Crippen molar-refractivity contribution in [2.75, 3.05) is 39.6 Å². The van der Waals surface area contributed by atoms with Crippen LogP contribution in [0.15, 0.2) is 0 Å². The quantitative estimate of drug-likeness (QED) is 0.0222. The van der Waals surface area contributed by atoms with Crippen LogP contribution in [0.4, 0.5) is 0 Å². The first-order valence-corrected chi connectivity index (χ1v) is 42.4. The van der Waals surface area contributed by atoms with Crippen molar-refractivity contribution in [3.8, 4) is 0 Å². The predicted molar refractivity (Wildman–Crippen MR) is 386 cm³/mol. The van der Waals surface area contributed by atoms with Gasteiger partial charge in [0.05, 0.1) is 26.4 Å². The number of carbonyl (C=O) groups is 4. The summed E-state index contributed by atoms with van der Waals surface area (Å²) < 4.78 is 68.6. The van der Waals surface area contributed by atoms with E-state index in [1.807, 2.05) is 0 Å². The number of aliphatic hydroxyl groups is 1. The second-order valence-electron chi connectivity index (χ2n) is 28.6. The SMILES string of the molecule is CCCCCCCCCCCCCCCCC(=O)OC[C@H](COP(=O)(O)OC[C@@H](O)COP(=O)(O)OC[C@@H](COC(=O)CCCCCCCCCCC(C)CC)OC(=O)CCCCCCCCCCCCC(C)C)OC(=O)CCCCCCCCCCCCCCCC(C)C. The second-order valence-corrected chi connectivity index (χ2v) is 31.5. The minimum absolute atomic E-state index is 0.105. The van der Waals surface area contributed by atoms with Crippen LogP contribution in [0.25, 0.3) is 0 Å². The van der Waals surface area contributed by atoms with Gasteiger partial charge in [0.15, 0.2) is 12.2 Å². The summed E-state index contributed by atoms with van der Waals surface area (Å²) in [7, 11) is -9.91. The van der Waals surface area contributed by atoms with E-state index in [1.54, 1.807) is 0 Å². The minimum Gasteiger partial charge on any atom is -0.462 e. The smallest absolute Gasteiger partial charge is 0.462 e. The van der Waals surface area contributed by atoms with Crippen LogP contribution in [0.3, 0.4) is 0 Å². The van der Waals surface area contributed by atoms with E-state index in [-0.39, 0.29) is 25.7 Å². The van der Waals surface area contributed by atoms with Crippen LogP contribution < -0.4 is 0 Å². The molecule has 0 radical (unpaired) electrons. The minimum atomic E-state index is -4.96. The van der Waals surface area contributed by atoms with Gasteiger partial charge in [-0.1, -0.05) is 337 Å². The van der Waals surface area contributed by atoms with Crippen LogP contribution in [0.2, 0.25) is 0 Å². The summed E-state index contributed by atoms with van der Waals surface area (Å²) >= 11 is 0. The third-order valence-corrected chi connectivity index (χ3v) is 19.9. The Morgan fingerprint density at radius 3 is 0.800 bits per heavy atom. The number of carbonyl (C=O) groups excluding carboxylic acids is 4. The molecule has 95 heavy (non-hydrogen) atoms. The number of unbranched alkanes of at least 4 members (excludes halogenated alkanes) is 41. The average Bonchev–Trinajstić information content (AvgIpc) is 2.82. The lowest BCUT2D eigenvalue weighted by Gasteiger charge is -2.21. The highest BCUT2D eigenvalue weighted by atomic mass is 31.2. The maximum Gasteiger partial charge on any atom is 0.472 e. The molecule has 0 amide bonds. The molecule has 0 aliphatic heterocycles. The van der Waals surface area contributed by atoms with E-state index in [1.165, 1.54) is 199 Å². The number of esters is 4. The summed E-state index contributed by atoms with van der Waals surface area (Å²) in [4.78, 5) is 72.9. The highest BCUT2D eigenvalue weighted by molar-refractivity contribution is 7.47. The number of aliphatic hydroxyl groups excluding tert-OH is 1. The lowest BCUT2D eigenvalue weighted by molar-refractivity contribution is -0.161. The Hall–Kier alpha value is -1.94. The van der Waals surface area contributed by atoms with Gasteiger partial charge in [-0.2, -0.15) is 0 Å². The first-order chi connectivity index (χ1) is 45.8. The first kappa shape index (κ1) is 93.1. The molecule has 0 aliphatic rings. The zero-order chi connectivity index (χ0) is 70.1. The van der Waals surface area contributed by atoms with Gasteiger partial charge in [-0.25, -0.2) is 9.13 Å². The topological polar surface area (TPSA) is 237 Å². The highest BCUT2D eigenvalue weighted by Crippen LogP contribution is 2.45. The van der Waals surface area contributed by atoms with Gasteiger partial charge < -0.3 is 33.8 Å². The van der Waals surface area contributed by atoms with Gasteiger partial charge >= 0.3 is 39.5 Å². The van der Waals surface area contributed by atoms with Crippen LogP contribution in [0, 0.1) is 17.8 Å². The molecular formula is C76H148O17P2. The molecule has 6 atom stereocenters. The molecule has 0 aromatic carbocycles. The molecule has 0 saturated heterocycles. The third-order valence-electron chi connectivity index (χ3n) is 18.0. The average molecular weight is 1400 g/mol. The lowest BCUT2D eigenvalue weighted by atomic mass is 9.99. The number of rotatable bonds is 74. The van der Waals surface area contributed by atoms with Crippen LogP contribution in [0.5, 0.6) is 0 Å². The van der Waals surface area contributed by atoms with E-state index < -0.39 is 97.5 Å². The summed E-state index contributed by atoms with van der Waals surface area (Å²) in [5.41, 5.74) is 0. The van der Waals surface area contributed by atoms with Crippen LogP contribution in [0.1, 0.15) is 389 Å². The van der Waals surface area contributed by atoms with E-state index >= 15 is 0 Å². The molecule has 0 rings (SSSR count). The Labute approximate surface area is 581 Å². The maximum atomic E-state index is 13.1. The fourth-order valence-electron chi connectivity index (χ4n) is 11.6. The van der Waals surface area contributed by atoms with Crippen molar-refractivity contribution in [3.05, 3.63) is 0 Å². The van der Waals surface area contributed by atoms with Gasteiger partial charge in [0.1, 0.15) is 19.3 Å². The normalized spacial score (nSPS) is 14.4. The largest absolute Gasteiger partial charge is 0.472 e. The van der Waals surface area contributed by atoms with Crippen molar-refractivity contribution in [2.45, 2.75) is 407 Å². The molecule has 0 fully saturated rings. The van der Waals surface area contributed by atoms with E-state index in [9.17, 15) is 43.2 Å². The first-order valence-electron chi connectivity index (χ1n) is 39.4. The van der Waals surface area contributed by atoms with Crippen molar-refractivity contribution >= 4 is 39.5 Å². The van der Waals surface area contributed by atoms with Crippen molar-refractivity contribution in [3.63, 3.8) is 0 Å². The Morgan fingerprint density at radius 2 is 0.537 bits per heavy atom. The number of hydrogen-bond acceptors (Lipinski definition) is 15. The van der Waals surface area contributed by atoms with Crippen molar-refractivity contribution in [1.82, 2.24) is 0 Å². The molecule has 3 unspecified atom stereocenters. The number of hydrogen-bond donors (Lipinski definition) is 3. The van der Waals surface area contributed by atoms with Crippen LogP contribution >= 0.6 is 15.6 Å². The summed E-state index contributed by atoms with van der Waals surface area (Å²) in [5, 5.41) is 10.6. The van der Waals surface area contributed by atoms with Crippen LogP contribution in [-0.2, 0) is 65.4 Å². The van der Waals surface area contributed by atoms with Gasteiger partial charge in [-0.15, -0.1) is 0 Å². The van der Waals surface area contributed by atoms with Gasteiger partial charge in [0.2, 0.25) is 0 Å². The summed E-state index contributed by atoms with van der Waals surface area (Å²) in [6.45, 7) is 11.9. The Kier molecular flexibility index (Phi) is 65.2. The standard InChI is InChI=1S/C76H148O17P2/c1-8-10-11-12-13-14-15-16-19-22-28-36-43-50-57-73(78)86-63-71(92-75(80)59-52-45-38-29-23-20-17-18-21-26-33-40-47-54-67(3)4)65-90-94(82,83)88-61-70(77)62-89-95(84,85)91-66-72(64-87-74(79)58-51-44-37-32-31-35-42-49-56-69(7)9-2)93-76(81)60-53-46-39-30-25-24-27-34-41-48-55-68(5)6/h67-72,77H,8-66H2,1-7H3,(H,82,83)(H,84,85)/t69?,70-,71-,72-/m1/s1. The molecule has 0 aliphatic carbocycles. The molecular weight excluding hydrogens is 1250 g/mol. The maximum absolute atomic E-state index is 13.1. The molecule has 0 spiro atoms. The molecule has 0 heterocycles. The van der Waals surface area contributed by atoms with Crippen molar-refractivity contribution in [2.24, 2.45) is 17.8 Å². The van der Waals surface area contributed by atoms with Gasteiger partial charge in [0, 0.05) is 25.7 Å². The highest BCUT2D eigenvalue weighted by Gasteiger charge is 2.30. The number of phosphoric ester groups is 2. The molecule has 19 heteroatoms. The Bertz CT molecular complexity index is 1850. The number of phosphoric acid groups is 2. The molecule has 564 valence electrons. The van der Waals surface area contributed by atoms with Crippen LogP contribution in [-0.4, -0.2) is 96.7 Å². The molecule has 0 aromatic rings. The lowest BCUT2D eigenvalue weighted by Crippen LogP contribution is -2.30. The summed E-state index contributed by atoms with van der Waals surface area (Å²) in [6.07, 6.45) is 52.5. The van der Waals surface area contributed by atoms with E-state index in [2.05, 4.69) is 48.5 Å². The zero-order valence-electron chi connectivity index (χ0n) is 62.1. The Morgan fingerprint density at radius 1 is 0.305 bits per heavy atom. The monoisotopic (exact) mass is 1400 g/mol. The molecule has 17 nitrogen and oxygen atoms in total. The van der Waals surface area contributed by atoms with Crippen molar-refractivity contribution < 1.29 is 80.2 Å². The predicted octanol–water partition coefficient (Wildman–Crippen LogP) is 22.2. The second kappa shape index (κ2) is 66.6. The summed E-state index contributed by atoms with van der Waals surface area (Å²) in [5.74, 6) is 0.200. The molecule has 0 bridgehead atoms. The Balaban J connectivity index is 5.27. The van der Waals surface area contributed by atoms with Gasteiger partial charge in [-0.05, 0) is 43.4 Å². The molecule has 3 N–H and O–H groups in total. The molecule has 0 saturated carbocycles. The van der Waals surface area contributed by atoms with E-state index in [0.29, 0.717) is 25.7 Å². The fourth-order valence-corrected chi connectivity index (χ4v) is 13.1. The molecule has 0 aromatic heterocycles. The fraction of sp³-hybridized carbons (Fsp3) is 0.947. The number of ether oxygens (including phenoxy) is 4. The van der Waals surface area contributed by atoms with Gasteiger partial charge in [0.25, 0.3) is 0 Å². The van der Waals surface area contributed by atoms with Crippen molar-refractivity contribution in [1.29, 1.82) is 0 Å². The zero-order valence-corrected chi connectivity index (χ0v) is 63.9. The third kappa shape index (κ3) is 69.0. The van der Waals surface area contributed by atoms with Gasteiger partial charge in [-0.3, -0.25) is 37.3 Å².